The van der Waals surface area contributed by atoms with E-state index in [1.54, 1.807) is 24.5 Å². The lowest BCUT2D eigenvalue weighted by Gasteiger charge is -2.06. The molecule has 0 fully saturated rings. The van der Waals surface area contributed by atoms with Crippen LogP contribution in [0, 0.1) is 5.82 Å². The minimum absolute atomic E-state index is 0.271. The van der Waals surface area contributed by atoms with Crippen LogP contribution in [0.4, 0.5) is 4.39 Å². The smallest absolute Gasteiger partial charge is 0.268 e. The van der Waals surface area contributed by atoms with Gasteiger partial charge < -0.3 is 0 Å². The van der Waals surface area contributed by atoms with Gasteiger partial charge in [0.05, 0.1) is 4.47 Å². The van der Waals surface area contributed by atoms with Gasteiger partial charge in [-0.05, 0) is 46.3 Å². The maximum atomic E-state index is 13.0. The van der Waals surface area contributed by atoms with Crippen LogP contribution in [0.25, 0.3) is 0 Å². The van der Waals surface area contributed by atoms with E-state index >= 15 is 0 Å². The number of aromatic nitrogens is 1. The van der Waals surface area contributed by atoms with Crippen LogP contribution in [0.2, 0.25) is 0 Å². The van der Waals surface area contributed by atoms with Crippen molar-refractivity contribution < 1.29 is 9.18 Å². The molecule has 1 N–H and O–H groups in total. The SMILES string of the molecule is O=C(Nn1cccc1)c1ccc(F)c(Br)c1. The Labute approximate surface area is 100.0 Å². The second-order valence-corrected chi connectivity index (χ2v) is 4.01. The van der Waals surface area contributed by atoms with Crippen molar-refractivity contribution in [3.05, 3.63) is 58.6 Å². The molecule has 0 radical (unpaired) electrons. The van der Waals surface area contributed by atoms with Crippen molar-refractivity contribution >= 4 is 21.8 Å². The van der Waals surface area contributed by atoms with Crippen LogP contribution < -0.4 is 5.43 Å². The van der Waals surface area contributed by atoms with Crippen molar-refractivity contribution in [2.75, 3.05) is 5.43 Å². The molecule has 1 heterocycles. The monoisotopic (exact) mass is 282 g/mol. The number of halogens is 2. The van der Waals surface area contributed by atoms with Gasteiger partial charge in [0.25, 0.3) is 5.91 Å². The number of carbonyl (C=O) groups excluding carboxylic acids is 1. The van der Waals surface area contributed by atoms with Crippen LogP contribution in [0.15, 0.2) is 47.2 Å². The molecule has 0 atom stereocenters. The molecule has 0 saturated carbocycles. The summed E-state index contributed by atoms with van der Waals surface area (Å²) in [5.74, 6) is -0.686. The van der Waals surface area contributed by atoms with Gasteiger partial charge in [0, 0.05) is 18.0 Å². The van der Waals surface area contributed by atoms with Crippen molar-refractivity contribution in [2.24, 2.45) is 0 Å². The molecular weight excluding hydrogens is 275 g/mol. The summed E-state index contributed by atoms with van der Waals surface area (Å²) in [6.07, 6.45) is 3.41. The summed E-state index contributed by atoms with van der Waals surface area (Å²) >= 11 is 3.03. The summed E-state index contributed by atoms with van der Waals surface area (Å²) in [4.78, 5) is 11.7. The Kier molecular flexibility index (Phi) is 3.05. The van der Waals surface area contributed by atoms with Gasteiger partial charge in [-0.15, -0.1) is 0 Å². The Morgan fingerprint density at radius 3 is 2.62 bits per heavy atom. The highest BCUT2D eigenvalue weighted by Gasteiger charge is 2.08. The number of carbonyl (C=O) groups is 1. The lowest BCUT2D eigenvalue weighted by molar-refractivity contribution is 0.101. The average molecular weight is 283 g/mol. The average Bonchev–Trinajstić information content (AvgIpc) is 2.74. The summed E-state index contributed by atoms with van der Waals surface area (Å²) in [5, 5.41) is 0. The van der Waals surface area contributed by atoms with E-state index in [0.29, 0.717) is 5.56 Å². The van der Waals surface area contributed by atoms with Crippen LogP contribution in [0.5, 0.6) is 0 Å². The van der Waals surface area contributed by atoms with E-state index in [-0.39, 0.29) is 10.4 Å². The maximum absolute atomic E-state index is 13.0. The molecule has 0 aliphatic rings. The fourth-order valence-electron chi connectivity index (χ4n) is 1.23. The molecule has 5 heteroatoms. The third-order valence-electron chi connectivity index (χ3n) is 2.02. The molecule has 2 rings (SSSR count). The summed E-state index contributed by atoms with van der Waals surface area (Å²) in [7, 11) is 0. The number of rotatable bonds is 2. The first-order chi connectivity index (χ1) is 7.66. The zero-order valence-corrected chi connectivity index (χ0v) is 9.74. The molecule has 0 saturated heterocycles. The molecule has 16 heavy (non-hydrogen) atoms. The highest BCUT2D eigenvalue weighted by molar-refractivity contribution is 9.10. The Bertz CT molecular complexity index is 511. The molecule has 0 aliphatic heterocycles. The van der Waals surface area contributed by atoms with Crippen molar-refractivity contribution in [1.29, 1.82) is 0 Å². The van der Waals surface area contributed by atoms with Gasteiger partial charge in [0.1, 0.15) is 5.82 Å². The lowest BCUT2D eigenvalue weighted by atomic mass is 10.2. The molecule has 0 unspecified atom stereocenters. The van der Waals surface area contributed by atoms with Crippen LogP contribution >= 0.6 is 15.9 Å². The van der Waals surface area contributed by atoms with Crippen molar-refractivity contribution in [2.45, 2.75) is 0 Å². The highest BCUT2D eigenvalue weighted by Crippen LogP contribution is 2.16. The van der Waals surface area contributed by atoms with Crippen molar-refractivity contribution in [1.82, 2.24) is 4.68 Å². The summed E-state index contributed by atoms with van der Waals surface area (Å²) in [5.41, 5.74) is 3.01. The topological polar surface area (TPSA) is 34.0 Å². The van der Waals surface area contributed by atoms with Gasteiger partial charge in [-0.25, -0.2) is 4.39 Å². The fourth-order valence-corrected chi connectivity index (χ4v) is 1.61. The Balaban J connectivity index is 2.18. The molecule has 1 aromatic carbocycles. The van der Waals surface area contributed by atoms with Gasteiger partial charge in [-0.1, -0.05) is 0 Å². The lowest BCUT2D eigenvalue weighted by Crippen LogP contribution is -2.21. The van der Waals surface area contributed by atoms with E-state index in [9.17, 15) is 9.18 Å². The maximum Gasteiger partial charge on any atom is 0.270 e. The third-order valence-corrected chi connectivity index (χ3v) is 2.62. The minimum Gasteiger partial charge on any atom is -0.268 e. The molecule has 82 valence electrons. The van der Waals surface area contributed by atoms with E-state index < -0.39 is 5.82 Å². The Morgan fingerprint density at radius 2 is 2.00 bits per heavy atom. The zero-order valence-electron chi connectivity index (χ0n) is 8.15. The highest BCUT2D eigenvalue weighted by atomic mass is 79.9. The van der Waals surface area contributed by atoms with Crippen LogP contribution in [0.1, 0.15) is 10.4 Å². The first-order valence-corrected chi connectivity index (χ1v) is 5.35. The third kappa shape index (κ3) is 2.30. The standard InChI is InChI=1S/C11H8BrFN2O/c12-9-7-8(3-4-10(9)13)11(16)14-15-5-1-2-6-15/h1-7H,(H,14,16). The van der Waals surface area contributed by atoms with Crippen LogP contribution in [-0.2, 0) is 0 Å². The van der Waals surface area contributed by atoms with E-state index in [1.807, 2.05) is 0 Å². The van der Waals surface area contributed by atoms with Gasteiger partial charge in [-0.3, -0.25) is 14.9 Å². The number of amides is 1. The van der Waals surface area contributed by atoms with Crippen molar-refractivity contribution in [3.8, 4) is 0 Å². The number of nitrogens with one attached hydrogen (secondary N) is 1. The van der Waals surface area contributed by atoms with Gasteiger partial charge >= 0.3 is 0 Å². The molecule has 0 bridgehead atoms. The van der Waals surface area contributed by atoms with Gasteiger partial charge in [0.15, 0.2) is 0 Å². The number of benzene rings is 1. The molecule has 3 nitrogen and oxygen atoms in total. The molecular formula is C11H8BrFN2O. The summed E-state index contributed by atoms with van der Waals surface area (Å²) in [6, 6.07) is 7.70. The normalized spacial score (nSPS) is 10.1. The number of hydrogen-bond donors (Lipinski definition) is 1. The Hall–Kier alpha value is -1.62. The van der Waals surface area contributed by atoms with E-state index in [2.05, 4.69) is 21.4 Å². The summed E-state index contributed by atoms with van der Waals surface area (Å²) < 4.78 is 14.8. The van der Waals surface area contributed by atoms with E-state index in [0.717, 1.165) is 0 Å². The van der Waals surface area contributed by atoms with E-state index in [1.165, 1.54) is 22.9 Å². The van der Waals surface area contributed by atoms with E-state index in [4.69, 9.17) is 0 Å². The summed E-state index contributed by atoms with van der Waals surface area (Å²) in [6.45, 7) is 0. The zero-order chi connectivity index (χ0) is 11.5. The van der Waals surface area contributed by atoms with Gasteiger partial charge in [0.2, 0.25) is 0 Å². The van der Waals surface area contributed by atoms with Crippen LogP contribution in [-0.4, -0.2) is 10.6 Å². The number of nitrogens with zero attached hydrogens (tertiary/aromatic N) is 1. The predicted molar refractivity (Wildman–Crippen MR) is 62.2 cm³/mol. The molecule has 1 amide bonds. The molecule has 0 spiro atoms. The second kappa shape index (κ2) is 4.49. The quantitative estimate of drug-likeness (QED) is 0.903. The Morgan fingerprint density at radius 1 is 1.31 bits per heavy atom. The van der Waals surface area contributed by atoms with Crippen LogP contribution in [0.3, 0.4) is 0 Å². The minimum atomic E-state index is -0.391. The largest absolute Gasteiger partial charge is 0.270 e. The molecule has 2 aromatic rings. The number of hydrogen-bond acceptors (Lipinski definition) is 1. The fraction of sp³-hybridized carbons (Fsp3) is 0. The molecule has 1 aromatic heterocycles. The first-order valence-electron chi connectivity index (χ1n) is 4.56. The van der Waals surface area contributed by atoms with Crippen molar-refractivity contribution in [3.63, 3.8) is 0 Å². The second-order valence-electron chi connectivity index (χ2n) is 3.16. The predicted octanol–water partition coefficient (Wildman–Crippen LogP) is 2.77. The first kappa shape index (κ1) is 10.9. The molecule has 0 aliphatic carbocycles. The van der Waals surface area contributed by atoms with Gasteiger partial charge in [-0.2, -0.15) is 0 Å².